The fourth-order valence-electron chi connectivity index (χ4n) is 2.01. The first-order valence-corrected chi connectivity index (χ1v) is 6.20. The lowest BCUT2D eigenvalue weighted by molar-refractivity contribution is 0.435. The van der Waals surface area contributed by atoms with Crippen molar-refractivity contribution in [3.05, 3.63) is 47.1 Å². The van der Waals surface area contributed by atoms with Gasteiger partial charge in [0.15, 0.2) is 11.6 Å². The molecule has 0 atom stereocenters. The number of furan rings is 1. The van der Waals surface area contributed by atoms with Crippen LogP contribution >= 0.6 is 11.6 Å². The SMILES string of the molecule is Cc1cc(-c2onc(N)c2-c2ccc(F)cc2Cl)co1. The van der Waals surface area contributed by atoms with E-state index in [0.29, 0.717) is 22.5 Å². The van der Waals surface area contributed by atoms with Crippen LogP contribution in [0, 0.1) is 12.7 Å². The van der Waals surface area contributed by atoms with Gasteiger partial charge in [0.1, 0.15) is 17.8 Å². The topological polar surface area (TPSA) is 65.2 Å². The lowest BCUT2D eigenvalue weighted by Crippen LogP contribution is -1.90. The molecule has 2 aromatic heterocycles. The highest BCUT2D eigenvalue weighted by molar-refractivity contribution is 6.33. The molecule has 3 aromatic rings. The Morgan fingerprint density at radius 1 is 1.30 bits per heavy atom. The van der Waals surface area contributed by atoms with E-state index in [1.807, 2.05) is 6.92 Å². The molecule has 3 rings (SSSR count). The first-order chi connectivity index (χ1) is 9.56. The average Bonchev–Trinajstić information content (AvgIpc) is 2.96. The number of benzene rings is 1. The Kier molecular flexibility index (Phi) is 2.99. The number of aryl methyl sites for hydroxylation is 1. The van der Waals surface area contributed by atoms with E-state index >= 15 is 0 Å². The maximum atomic E-state index is 13.1. The second-order valence-electron chi connectivity index (χ2n) is 4.34. The Hall–Kier alpha value is -2.27. The Morgan fingerprint density at radius 2 is 2.10 bits per heavy atom. The maximum absolute atomic E-state index is 13.1. The molecule has 0 aliphatic rings. The number of nitrogen functional groups attached to an aromatic ring is 1. The van der Waals surface area contributed by atoms with E-state index in [1.54, 1.807) is 6.07 Å². The summed E-state index contributed by atoms with van der Waals surface area (Å²) in [5, 5.41) is 3.99. The highest BCUT2D eigenvalue weighted by Gasteiger charge is 2.21. The van der Waals surface area contributed by atoms with Gasteiger partial charge in [-0.1, -0.05) is 16.8 Å². The van der Waals surface area contributed by atoms with Crippen molar-refractivity contribution in [1.29, 1.82) is 0 Å². The zero-order valence-electron chi connectivity index (χ0n) is 10.5. The molecule has 4 nitrogen and oxygen atoms in total. The summed E-state index contributed by atoms with van der Waals surface area (Å²) in [5.41, 5.74) is 7.61. The van der Waals surface area contributed by atoms with Crippen LogP contribution in [0.2, 0.25) is 5.02 Å². The van der Waals surface area contributed by atoms with Crippen LogP contribution in [0.15, 0.2) is 39.5 Å². The van der Waals surface area contributed by atoms with Crippen molar-refractivity contribution in [2.75, 3.05) is 5.73 Å². The lowest BCUT2D eigenvalue weighted by atomic mass is 10.0. The van der Waals surface area contributed by atoms with E-state index in [0.717, 1.165) is 5.76 Å². The minimum absolute atomic E-state index is 0.187. The molecule has 0 spiro atoms. The standard InChI is InChI=1S/C14H10ClFN2O2/c1-7-4-8(6-19-7)13-12(14(17)18-20-13)10-3-2-9(16)5-11(10)15/h2-6H,1H3,(H2,17,18). The molecule has 6 heteroatoms. The van der Waals surface area contributed by atoms with Crippen LogP contribution in [0.3, 0.4) is 0 Å². The summed E-state index contributed by atoms with van der Waals surface area (Å²) in [6.45, 7) is 1.81. The molecule has 0 saturated heterocycles. The molecule has 0 aliphatic carbocycles. The van der Waals surface area contributed by atoms with Crippen molar-refractivity contribution in [3.63, 3.8) is 0 Å². The predicted octanol–water partition coefficient (Wildman–Crippen LogP) is 4.28. The van der Waals surface area contributed by atoms with E-state index in [4.69, 9.17) is 26.3 Å². The van der Waals surface area contributed by atoms with Crippen LogP contribution in [0.5, 0.6) is 0 Å². The number of rotatable bonds is 2. The summed E-state index contributed by atoms with van der Waals surface area (Å²) >= 11 is 6.07. The zero-order chi connectivity index (χ0) is 14.3. The number of halogens is 2. The van der Waals surface area contributed by atoms with Gasteiger partial charge in [-0.3, -0.25) is 0 Å². The molecule has 2 N–H and O–H groups in total. The van der Waals surface area contributed by atoms with Gasteiger partial charge >= 0.3 is 0 Å². The molecule has 0 fully saturated rings. The highest BCUT2D eigenvalue weighted by Crippen LogP contribution is 2.40. The molecule has 102 valence electrons. The molecule has 0 saturated carbocycles. The van der Waals surface area contributed by atoms with E-state index < -0.39 is 5.82 Å². The fraction of sp³-hybridized carbons (Fsp3) is 0.0714. The smallest absolute Gasteiger partial charge is 0.180 e. The van der Waals surface area contributed by atoms with Gasteiger partial charge in [-0.15, -0.1) is 0 Å². The van der Waals surface area contributed by atoms with Crippen molar-refractivity contribution in [2.24, 2.45) is 0 Å². The quantitative estimate of drug-likeness (QED) is 0.765. The second kappa shape index (κ2) is 4.68. The van der Waals surface area contributed by atoms with E-state index in [1.165, 1.54) is 24.5 Å². The van der Waals surface area contributed by atoms with Crippen molar-refractivity contribution in [1.82, 2.24) is 5.16 Å². The normalized spacial score (nSPS) is 10.9. The van der Waals surface area contributed by atoms with Gasteiger partial charge in [-0.2, -0.15) is 0 Å². The molecule has 0 bridgehead atoms. The number of nitrogens with two attached hydrogens (primary N) is 1. The number of hydrogen-bond acceptors (Lipinski definition) is 4. The van der Waals surface area contributed by atoms with Crippen LogP contribution in [-0.2, 0) is 0 Å². The van der Waals surface area contributed by atoms with Crippen molar-refractivity contribution in [3.8, 4) is 22.5 Å². The predicted molar refractivity (Wildman–Crippen MR) is 73.8 cm³/mol. The molecule has 2 heterocycles. The summed E-state index contributed by atoms with van der Waals surface area (Å²) < 4.78 is 23.6. The second-order valence-corrected chi connectivity index (χ2v) is 4.75. The summed E-state index contributed by atoms with van der Waals surface area (Å²) in [6, 6.07) is 5.85. The molecule has 20 heavy (non-hydrogen) atoms. The van der Waals surface area contributed by atoms with Crippen LogP contribution in [0.25, 0.3) is 22.5 Å². The van der Waals surface area contributed by atoms with Crippen molar-refractivity contribution >= 4 is 17.4 Å². The van der Waals surface area contributed by atoms with E-state index in [2.05, 4.69) is 5.16 Å². The fourth-order valence-corrected chi connectivity index (χ4v) is 2.28. The largest absolute Gasteiger partial charge is 0.469 e. The molecule has 0 aliphatic heterocycles. The van der Waals surface area contributed by atoms with Crippen LogP contribution in [-0.4, -0.2) is 5.16 Å². The van der Waals surface area contributed by atoms with Gasteiger partial charge in [-0.05, 0) is 31.2 Å². The lowest BCUT2D eigenvalue weighted by Gasteiger charge is -2.04. The van der Waals surface area contributed by atoms with Gasteiger partial charge in [0.25, 0.3) is 0 Å². The van der Waals surface area contributed by atoms with Crippen LogP contribution in [0.4, 0.5) is 10.2 Å². The average molecular weight is 293 g/mol. The maximum Gasteiger partial charge on any atom is 0.180 e. The summed E-state index contributed by atoms with van der Waals surface area (Å²) in [4.78, 5) is 0. The van der Waals surface area contributed by atoms with Gasteiger partial charge in [-0.25, -0.2) is 4.39 Å². The van der Waals surface area contributed by atoms with Crippen molar-refractivity contribution < 1.29 is 13.3 Å². The van der Waals surface area contributed by atoms with Gasteiger partial charge in [0.05, 0.1) is 16.1 Å². The third-order valence-electron chi connectivity index (χ3n) is 2.91. The van der Waals surface area contributed by atoms with Crippen molar-refractivity contribution in [2.45, 2.75) is 6.92 Å². The minimum Gasteiger partial charge on any atom is -0.469 e. The number of anilines is 1. The van der Waals surface area contributed by atoms with Crippen LogP contribution in [0.1, 0.15) is 5.76 Å². The van der Waals surface area contributed by atoms with Gasteiger partial charge in [0.2, 0.25) is 0 Å². The Balaban J connectivity index is 2.21. The van der Waals surface area contributed by atoms with Gasteiger partial charge < -0.3 is 14.7 Å². The number of aromatic nitrogens is 1. The third-order valence-corrected chi connectivity index (χ3v) is 3.22. The first kappa shape index (κ1) is 12.7. The van der Waals surface area contributed by atoms with Gasteiger partial charge in [0, 0.05) is 5.56 Å². The number of nitrogens with zero attached hydrogens (tertiary/aromatic N) is 1. The molecular formula is C14H10ClFN2O2. The monoisotopic (exact) mass is 292 g/mol. The molecule has 0 unspecified atom stereocenters. The zero-order valence-corrected chi connectivity index (χ0v) is 11.2. The molecular weight excluding hydrogens is 283 g/mol. The van der Waals surface area contributed by atoms with Crippen LogP contribution < -0.4 is 5.73 Å². The first-order valence-electron chi connectivity index (χ1n) is 5.82. The Bertz CT molecular complexity index is 779. The molecule has 1 aromatic carbocycles. The molecule has 0 radical (unpaired) electrons. The summed E-state index contributed by atoms with van der Waals surface area (Å²) in [5.74, 6) is 0.931. The van der Waals surface area contributed by atoms with E-state index in [9.17, 15) is 4.39 Å². The van der Waals surface area contributed by atoms with E-state index in [-0.39, 0.29) is 10.8 Å². The molecule has 0 amide bonds. The summed E-state index contributed by atoms with van der Waals surface area (Å²) in [6.07, 6.45) is 1.54. The minimum atomic E-state index is -0.422. The third kappa shape index (κ3) is 2.06. The highest BCUT2D eigenvalue weighted by atomic mass is 35.5. The Morgan fingerprint density at radius 3 is 2.75 bits per heavy atom. The summed E-state index contributed by atoms with van der Waals surface area (Å²) in [7, 11) is 0. The number of hydrogen-bond donors (Lipinski definition) is 1. The Labute approximate surface area is 118 Å².